The summed E-state index contributed by atoms with van der Waals surface area (Å²) in [7, 11) is -1.30. The third kappa shape index (κ3) is 2.44. The lowest BCUT2D eigenvalue weighted by atomic mass is 10.0. The normalized spacial score (nSPS) is 22.6. The SMILES string of the molecule is COc1ccc(C2(OC)NS(=O)(=O)N(c3ccccc3)C2=O)cc1. The summed E-state index contributed by atoms with van der Waals surface area (Å²) in [6.07, 6.45) is 0. The molecule has 8 heteroatoms. The largest absolute Gasteiger partial charge is 0.497 e. The predicted molar refractivity (Wildman–Crippen MR) is 87.7 cm³/mol. The van der Waals surface area contributed by atoms with Crippen molar-refractivity contribution in [2.75, 3.05) is 18.5 Å². The zero-order valence-corrected chi connectivity index (χ0v) is 13.9. The Balaban J connectivity index is 2.11. The second kappa shape index (κ2) is 5.90. The van der Waals surface area contributed by atoms with E-state index in [1.54, 1.807) is 42.5 Å². The van der Waals surface area contributed by atoms with Crippen molar-refractivity contribution in [2.45, 2.75) is 5.72 Å². The first-order valence-electron chi connectivity index (χ1n) is 7.08. The molecular weight excluding hydrogens is 332 g/mol. The fourth-order valence-corrected chi connectivity index (χ4v) is 4.09. The molecule has 1 fully saturated rings. The number of para-hydroxylation sites is 1. The third-order valence-electron chi connectivity index (χ3n) is 3.79. The first kappa shape index (κ1) is 16.4. The summed E-state index contributed by atoms with van der Waals surface area (Å²) >= 11 is 0. The van der Waals surface area contributed by atoms with Gasteiger partial charge in [-0.15, -0.1) is 0 Å². The molecule has 24 heavy (non-hydrogen) atoms. The van der Waals surface area contributed by atoms with E-state index in [0.717, 1.165) is 0 Å². The average Bonchev–Trinajstić information content (AvgIpc) is 2.82. The molecule has 1 amide bonds. The minimum absolute atomic E-state index is 0.238. The zero-order chi connectivity index (χ0) is 17.4. The van der Waals surface area contributed by atoms with E-state index < -0.39 is 21.8 Å². The van der Waals surface area contributed by atoms with Gasteiger partial charge in [-0.05, 0) is 24.3 Å². The van der Waals surface area contributed by atoms with Gasteiger partial charge in [0, 0.05) is 12.7 Å². The van der Waals surface area contributed by atoms with E-state index >= 15 is 0 Å². The second-order valence-corrected chi connectivity index (χ2v) is 6.65. The highest BCUT2D eigenvalue weighted by Gasteiger charge is 2.57. The molecule has 2 aromatic rings. The molecule has 1 saturated heterocycles. The summed E-state index contributed by atoms with van der Waals surface area (Å²) in [4.78, 5) is 13.0. The van der Waals surface area contributed by atoms with E-state index in [1.165, 1.54) is 26.4 Å². The number of nitrogens with one attached hydrogen (secondary N) is 1. The molecule has 2 aromatic carbocycles. The van der Waals surface area contributed by atoms with Crippen LogP contribution in [0.3, 0.4) is 0 Å². The lowest BCUT2D eigenvalue weighted by Gasteiger charge is -2.24. The van der Waals surface area contributed by atoms with Crippen molar-refractivity contribution >= 4 is 21.8 Å². The average molecular weight is 348 g/mol. The fraction of sp³-hybridized carbons (Fsp3) is 0.188. The van der Waals surface area contributed by atoms with Crippen molar-refractivity contribution in [3.63, 3.8) is 0 Å². The number of ether oxygens (including phenoxy) is 2. The van der Waals surface area contributed by atoms with Crippen LogP contribution in [-0.4, -0.2) is 28.5 Å². The van der Waals surface area contributed by atoms with Gasteiger partial charge in [0.05, 0.1) is 12.8 Å². The lowest BCUT2D eigenvalue weighted by molar-refractivity contribution is -0.140. The number of nitrogens with zero attached hydrogens (tertiary/aromatic N) is 1. The highest BCUT2D eigenvalue weighted by Crippen LogP contribution is 2.36. The first-order chi connectivity index (χ1) is 11.4. The van der Waals surface area contributed by atoms with Crippen molar-refractivity contribution in [2.24, 2.45) is 0 Å². The summed E-state index contributed by atoms with van der Waals surface area (Å²) in [6, 6.07) is 14.5. The first-order valence-corrected chi connectivity index (χ1v) is 8.52. The van der Waals surface area contributed by atoms with Crippen LogP contribution >= 0.6 is 0 Å². The van der Waals surface area contributed by atoms with Crippen molar-refractivity contribution in [3.05, 3.63) is 60.2 Å². The zero-order valence-electron chi connectivity index (χ0n) is 13.1. The summed E-state index contributed by atoms with van der Waals surface area (Å²) in [5.41, 5.74) is -1.22. The molecule has 1 unspecified atom stereocenters. The molecule has 0 bridgehead atoms. The van der Waals surface area contributed by atoms with Crippen LogP contribution in [0.5, 0.6) is 5.75 Å². The third-order valence-corrected chi connectivity index (χ3v) is 5.19. The van der Waals surface area contributed by atoms with Gasteiger partial charge < -0.3 is 9.47 Å². The summed E-state index contributed by atoms with van der Waals surface area (Å²) in [5.74, 6) is -0.153. The Kier molecular flexibility index (Phi) is 4.04. The Morgan fingerprint density at radius 1 is 1.00 bits per heavy atom. The quantitative estimate of drug-likeness (QED) is 0.902. The van der Waals surface area contributed by atoms with Crippen LogP contribution in [-0.2, 0) is 25.5 Å². The topological polar surface area (TPSA) is 84.9 Å². The Morgan fingerprint density at radius 2 is 1.62 bits per heavy atom. The molecule has 1 aliphatic heterocycles. The maximum atomic E-state index is 13.0. The maximum absolute atomic E-state index is 13.0. The molecule has 3 rings (SSSR count). The van der Waals surface area contributed by atoms with E-state index in [1.807, 2.05) is 0 Å². The number of rotatable bonds is 4. The van der Waals surface area contributed by atoms with Crippen molar-refractivity contribution in [1.29, 1.82) is 0 Å². The van der Waals surface area contributed by atoms with Gasteiger partial charge in [-0.25, -0.2) is 0 Å². The molecule has 1 N–H and O–H groups in total. The standard InChI is InChI=1S/C16H16N2O5S/c1-22-14-10-8-12(9-11-14)16(23-2)15(19)18(24(20,21)17-16)13-6-4-3-5-7-13/h3-11,17H,1-2H3. The number of benzene rings is 2. The van der Waals surface area contributed by atoms with Crippen LogP contribution in [0.1, 0.15) is 5.56 Å². The highest BCUT2D eigenvalue weighted by atomic mass is 32.2. The molecule has 1 heterocycles. The van der Waals surface area contributed by atoms with Gasteiger partial charge in [-0.2, -0.15) is 17.4 Å². The van der Waals surface area contributed by atoms with Gasteiger partial charge in [0.1, 0.15) is 5.75 Å². The molecule has 0 aromatic heterocycles. The van der Waals surface area contributed by atoms with Crippen LogP contribution in [0.25, 0.3) is 0 Å². The summed E-state index contributed by atoms with van der Waals surface area (Å²) < 4.78 is 38.5. The number of hydrogen-bond acceptors (Lipinski definition) is 5. The number of amides is 1. The molecule has 126 valence electrons. The lowest BCUT2D eigenvalue weighted by Crippen LogP contribution is -2.45. The van der Waals surface area contributed by atoms with E-state index in [-0.39, 0.29) is 5.69 Å². The fourth-order valence-electron chi connectivity index (χ4n) is 2.60. The van der Waals surface area contributed by atoms with Crippen LogP contribution in [0.2, 0.25) is 0 Å². The molecule has 7 nitrogen and oxygen atoms in total. The van der Waals surface area contributed by atoms with Crippen molar-refractivity contribution in [1.82, 2.24) is 4.72 Å². The Morgan fingerprint density at radius 3 is 2.17 bits per heavy atom. The Labute approximate surface area is 140 Å². The van der Waals surface area contributed by atoms with E-state index in [0.29, 0.717) is 15.6 Å². The van der Waals surface area contributed by atoms with Crippen LogP contribution in [0.15, 0.2) is 54.6 Å². The molecular formula is C16H16N2O5S. The Bertz CT molecular complexity index is 852. The van der Waals surface area contributed by atoms with Gasteiger partial charge >= 0.3 is 10.2 Å². The number of anilines is 1. The van der Waals surface area contributed by atoms with Crippen molar-refractivity contribution in [3.8, 4) is 5.75 Å². The van der Waals surface area contributed by atoms with Crippen LogP contribution in [0, 0.1) is 0 Å². The maximum Gasteiger partial charge on any atom is 0.311 e. The molecule has 1 atom stereocenters. The van der Waals surface area contributed by atoms with E-state index in [9.17, 15) is 13.2 Å². The number of hydrogen-bond donors (Lipinski definition) is 1. The molecule has 1 aliphatic rings. The Hall–Kier alpha value is -2.42. The molecule has 0 saturated carbocycles. The molecule has 0 aliphatic carbocycles. The van der Waals surface area contributed by atoms with Gasteiger partial charge in [0.15, 0.2) is 0 Å². The molecule has 0 radical (unpaired) electrons. The monoisotopic (exact) mass is 348 g/mol. The van der Waals surface area contributed by atoms with Crippen molar-refractivity contribution < 1.29 is 22.7 Å². The van der Waals surface area contributed by atoms with Gasteiger partial charge in [-0.3, -0.25) is 4.79 Å². The van der Waals surface area contributed by atoms with Crippen LogP contribution < -0.4 is 13.8 Å². The smallest absolute Gasteiger partial charge is 0.311 e. The molecule has 0 spiro atoms. The van der Waals surface area contributed by atoms with Crippen LogP contribution in [0.4, 0.5) is 5.69 Å². The van der Waals surface area contributed by atoms with E-state index in [4.69, 9.17) is 9.47 Å². The van der Waals surface area contributed by atoms with E-state index in [2.05, 4.69) is 4.72 Å². The van der Waals surface area contributed by atoms with Gasteiger partial charge in [0.2, 0.25) is 5.72 Å². The predicted octanol–water partition coefficient (Wildman–Crippen LogP) is 1.38. The highest BCUT2D eigenvalue weighted by molar-refractivity contribution is 7.92. The summed E-state index contributed by atoms with van der Waals surface area (Å²) in [5, 5.41) is 0. The summed E-state index contributed by atoms with van der Waals surface area (Å²) in [6.45, 7) is 0. The minimum Gasteiger partial charge on any atom is -0.497 e. The minimum atomic E-state index is -4.10. The van der Waals surface area contributed by atoms with Gasteiger partial charge in [0.25, 0.3) is 5.91 Å². The van der Waals surface area contributed by atoms with Gasteiger partial charge in [-0.1, -0.05) is 30.3 Å². The number of methoxy groups -OCH3 is 2. The number of carbonyl (C=O) groups is 1. The number of carbonyl (C=O) groups excluding carboxylic acids is 1. The second-order valence-electron chi connectivity index (χ2n) is 5.13.